The highest BCUT2D eigenvalue weighted by atomic mass is 16.3. The molecule has 0 bridgehead atoms. The van der Waals surface area contributed by atoms with E-state index in [9.17, 15) is 0 Å². The number of nitrogens with two attached hydrogens (primary N) is 1. The smallest absolute Gasteiger partial charge is 0.0699 e. The van der Waals surface area contributed by atoms with Crippen LogP contribution >= 0.6 is 0 Å². The van der Waals surface area contributed by atoms with Gasteiger partial charge in [0.1, 0.15) is 0 Å². The normalized spacial score (nSPS) is 12.3. The van der Waals surface area contributed by atoms with E-state index in [2.05, 4.69) is 4.98 Å². The van der Waals surface area contributed by atoms with Crippen LogP contribution in [0.3, 0.4) is 0 Å². The lowest BCUT2D eigenvalue weighted by molar-refractivity contribution is 0.281. The standard InChI is InChI=1S/C11H14N2O/c1-2-10(5-6-12)11-4-3-9(8-14)7-13-11/h2-7,14H,8,12H2,1H3/b6-5-,10-2+. The lowest BCUT2D eigenvalue weighted by atomic mass is 10.1. The maximum absolute atomic E-state index is 8.84. The Morgan fingerprint density at radius 1 is 1.57 bits per heavy atom. The van der Waals surface area contributed by atoms with Crippen molar-refractivity contribution in [2.75, 3.05) is 0 Å². The second-order valence-corrected chi connectivity index (χ2v) is 2.81. The van der Waals surface area contributed by atoms with Crippen molar-refractivity contribution in [3.63, 3.8) is 0 Å². The average molecular weight is 190 g/mol. The van der Waals surface area contributed by atoms with Gasteiger partial charge in [0.15, 0.2) is 0 Å². The average Bonchev–Trinajstić information content (AvgIpc) is 2.26. The SMILES string of the molecule is C/C=C(\C=C/N)c1ccc(CO)cn1. The van der Waals surface area contributed by atoms with Gasteiger partial charge < -0.3 is 10.8 Å². The van der Waals surface area contributed by atoms with Crippen LogP contribution in [-0.2, 0) is 6.61 Å². The number of nitrogens with zero attached hydrogens (tertiary/aromatic N) is 1. The van der Waals surface area contributed by atoms with Crippen LogP contribution < -0.4 is 5.73 Å². The first-order valence-corrected chi connectivity index (χ1v) is 4.42. The maximum Gasteiger partial charge on any atom is 0.0699 e. The van der Waals surface area contributed by atoms with Gasteiger partial charge in [-0.25, -0.2) is 0 Å². The molecule has 0 aromatic carbocycles. The van der Waals surface area contributed by atoms with E-state index in [-0.39, 0.29) is 6.61 Å². The van der Waals surface area contributed by atoms with E-state index in [0.29, 0.717) is 0 Å². The number of hydrogen-bond donors (Lipinski definition) is 2. The predicted octanol–water partition coefficient (Wildman–Crippen LogP) is 1.45. The molecule has 3 heteroatoms. The van der Waals surface area contributed by atoms with Gasteiger partial charge in [-0.2, -0.15) is 0 Å². The third-order valence-corrected chi connectivity index (χ3v) is 1.89. The minimum atomic E-state index is 0.0190. The van der Waals surface area contributed by atoms with E-state index in [1.165, 1.54) is 6.20 Å². The molecule has 0 aliphatic heterocycles. The Bertz CT molecular complexity index is 339. The second kappa shape index (κ2) is 5.19. The molecule has 1 aromatic heterocycles. The van der Waals surface area contributed by atoms with Crippen molar-refractivity contribution in [3.8, 4) is 0 Å². The minimum absolute atomic E-state index is 0.0190. The highest BCUT2D eigenvalue weighted by Gasteiger charge is 1.98. The Labute approximate surface area is 83.6 Å². The number of hydrogen-bond acceptors (Lipinski definition) is 3. The lowest BCUT2D eigenvalue weighted by Crippen LogP contribution is -1.90. The molecule has 14 heavy (non-hydrogen) atoms. The predicted molar refractivity (Wildman–Crippen MR) is 57.1 cm³/mol. The van der Waals surface area contributed by atoms with Crippen molar-refractivity contribution in [2.45, 2.75) is 13.5 Å². The van der Waals surface area contributed by atoms with Crippen LogP contribution in [0.5, 0.6) is 0 Å². The van der Waals surface area contributed by atoms with Crippen LogP contribution in [-0.4, -0.2) is 10.1 Å². The number of aromatic nitrogens is 1. The number of allylic oxidation sites excluding steroid dienone is 3. The molecule has 0 unspecified atom stereocenters. The fourth-order valence-corrected chi connectivity index (χ4v) is 1.12. The van der Waals surface area contributed by atoms with Crippen LogP contribution in [0.1, 0.15) is 18.2 Å². The van der Waals surface area contributed by atoms with Crippen molar-refractivity contribution < 1.29 is 5.11 Å². The van der Waals surface area contributed by atoms with E-state index in [1.54, 1.807) is 12.3 Å². The van der Waals surface area contributed by atoms with Crippen molar-refractivity contribution in [2.24, 2.45) is 5.73 Å². The molecule has 74 valence electrons. The van der Waals surface area contributed by atoms with Crippen LogP contribution in [0.4, 0.5) is 0 Å². The van der Waals surface area contributed by atoms with E-state index in [0.717, 1.165) is 16.8 Å². The molecule has 0 saturated heterocycles. The summed E-state index contributed by atoms with van der Waals surface area (Å²) < 4.78 is 0. The van der Waals surface area contributed by atoms with E-state index in [4.69, 9.17) is 10.8 Å². The summed E-state index contributed by atoms with van der Waals surface area (Å²) in [5.74, 6) is 0. The summed E-state index contributed by atoms with van der Waals surface area (Å²) in [6.45, 7) is 1.95. The first-order chi connectivity index (χ1) is 6.81. The fourth-order valence-electron chi connectivity index (χ4n) is 1.12. The van der Waals surface area contributed by atoms with Crippen molar-refractivity contribution >= 4 is 5.57 Å². The van der Waals surface area contributed by atoms with Gasteiger partial charge in [-0.05, 0) is 36.4 Å². The summed E-state index contributed by atoms with van der Waals surface area (Å²) in [7, 11) is 0. The fraction of sp³-hybridized carbons (Fsp3) is 0.182. The molecule has 0 aliphatic rings. The molecule has 3 N–H and O–H groups in total. The highest BCUT2D eigenvalue weighted by Crippen LogP contribution is 2.13. The second-order valence-electron chi connectivity index (χ2n) is 2.81. The van der Waals surface area contributed by atoms with Crippen LogP contribution in [0.2, 0.25) is 0 Å². The summed E-state index contributed by atoms with van der Waals surface area (Å²) in [6, 6.07) is 3.71. The van der Waals surface area contributed by atoms with Gasteiger partial charge in [0.2, 0.25) is 0 Å². The van der Waals surface area contributed by atoms with Gasteiger partial charge in [-0.15, -0.1) is 0 Å². The van der Waals surface area contributed by atoms with Crippen LogP contribution in [0, 0.1) is 0 Å². The Kier molecular flexibility index (Phi) is 3.88. The molecule has 3 nitrogen and oxygen atoms in total. The Morgan fingerprint density at radius 2 is 2.36 bits per heavy atom. The number of pyridine rings is 1. The molecule has 1 aromatic rings. The Hall–Kier alpha value is -1.61. The van der Waals surface area contributed by atoms with E-state index >= 15 is 0 Å². The Morgan fingerprint density at radius 3 is 2.79 bits per heavy atom. The molecule has 0 fully saturated rings. The zero-order chi connectivity index (χ0) is 10.4. The molecule has 1 rings (SSSR count). The number of rotatable bonds is 3. The van der Waals surface area contributed by atoms with Gasteiger partial charge in [0.05, 0.1) is 12.3 Å². The molecule has 1 heterocycles. The van der Waals surface area contributed by atoms with Crippen molar-refractivity contribution in [1.82, 2.24) is 4.98 Å². The molecule has 0 aliphatic carbocycles. The Balaban J connectivity index is 2.96. The zero-order valence-corrected chi connectivity index (χ0v) is 8.14. The number of aliphatic hydroxyl groups excluding tert-OH is 1. The molecular formula is C11H14N2O. The first kappa shape index (κ1) is 10.5. The molecule has 0 spiro atoms. The molecule has 0 radical (unpaired) electrons. The molecule has 0 amide bonds. The van der Waals surface area contributed by atoms with E-state index < -0.39 is 0 Å². The molecule has 0 saturated carbocycles. The van der Waals surface area contributed by atoms with Gasteiger partial charge in [0.25, 0.3) is 0 Å². The quantitative estimate of drug-likeness (QED) is 0.709. The number of aliphatic hydroxyl groups is 1. The summed E-state index contributed by atoms with van der Waals surface area (Å²) >= 11 is 0. The van der Waals surface area contributed by atoms with Gasteiger partial charge in [-0.3, -0.25) is 4.98 Å². The van der Waals surface area contributed by atoms with E-state index in [1.807, 2.05) is 25.1 Å². The third kappa shape index (κ3) is 2.44. The highest BCUT2D eigenvalue weighted by molar-refractivity contribution is 5.71. The monoisotopic (exact) mass is 190 g/mol. The van der Waals surface area contributed by atoms with Crippen LogP contribution in [0.25, 0.3) is 5.57 Å². The van der Waals surface area contributed by atoms with Crippen LogP contribution in [0.15, 0.2) is 36.7 Å². The maximum atomic E-state index is 8.84. The summed E-state index contributed by atoms with van der Waals surface area (Å²) in [4.78, 5) is 4.20. The van der Waals surface area contributed by atoms with Gasteiger partial charge in [0, 0.05) is 6.20 Å². The summed E-state index contributed by atoms with van der Waals surface area (Å²) in [5, 5.41) is 8.84. The summed E-state index contributed by atoms with van der Waals surface area (Å²) in [5.41, 5.74) is 7.94. The molecular weight excluding hydrogens is 176 g/mol. The van der Waals surface area contributed by atoms with Gasteiger partial charge >= 0.3 is 0 Å². The third-order valence-electron chi connectivity index (χ3n) is 1.89. The van der Waals surface area contributed by atoms with Gasteiger partial charge in [-0.1, -0.05) is 12.1 Å². The van der Waals surface area contributed by atoms with Crippen molar-refractivity contribution in [3.05, 3.63) is 47.9 Å². The lowest BCUT2D eigenvalue weighted by Gasteiger charge is -2.01. The first-order valence-electron chi connectivity index (χ1n) is 4.42. The minimum Gasteiger partial charge on any atom is -0.405 e. The summed E-state index contributed by atoms with van der Waals surface area (Å²) in [6.07, 6.45) is 6.87. The zero-order valence-electron chi connectivity index (χ0n) is 8.14. The topological polar surface area (TPSA) is 59.1 Å². The molecule has 0 atom stereocenters. The van der Waals surface area contributed by atoms with Crippen molar-refractivity contribution in [1.29, 1.82) is 0 Å². The largest absolute Gasteiger partial charge is 0.405 e.